The molecule has 51 heavy (non-hydrogen) atoms. The molecule has 0 aliphatic heterocycles. The Hall–Kier alpha value is -6.28. The van der Waals surface area contributed by atoms with Gasteiger partial charge in [-0.15, -0.1) is 11.3 Å². The Balaban J connectivity index is 1.06. The van der Waals surface area contributed by atoms with E-state index in [1.54, 1.807) is 0 Å². The molecule has 236 valence electrons. The molecule has 0 fully saturated rings. The Bertz CT molecular complexity index is 3160. The fraction of sp³-hybridized carbons (Fsp3) is 0. The van der Waals surface area contributed by atoms with Gasteiger partial charge < -0.3 is 0 Å². The molecule has 11 aromatic rings. The van der Waals surface area contributed by atoms with Gasteiger partial charge in [-0.25, -0.2) is 0 Å². The quantitative estimate of drug-likeness (QED) is 0.165. The van der Waals surface area contributed by atoms with Crippen LogP contribution in [0.15, 0.2) is 182 Å². The molecule has 0 bridgehead atoms. The lowest BCUT2D eigenvalue weighted by Gasteiger charge is -2.17. The van der Waals surface area contributed by atoms with Gasteiger partial charge in [0.05, 0.1) is 0 Å². The van der Waals surface area contributed by atoms with Gasteiger partial charge in [-0.1, -0.05) is 164 Å². The molecule has 0 spiro atoms. The summed E-state index contributed by atoms with van der Waals surface area (Å²) < 4.78 is 2.69. The van der Waals surface area contributed by atoms with Crippen LogP contribution in [-0.4, -0.2) is 0 Å². The van der Waals surface area contributed by atoms with E-state index < -0.39 is 0 Å². The number of rotatable bonds is 3. The maximum absolute atomic E-state index is 2.42. The van der Waals surface area contributed by atoms with Gasteiger partial charge in [-0.3, -0.25) is 0 Å². The van der Waals surface area contributed by atoms with Crippen LogP contribution in [0.5, 0.6) is 0 Å². The molecule has 0 saturated carbocycles. The van der Waals surface area contributed by atoms with Crippen molar-refractivity contribution in [2.24, 2.45) is 0 Å². The van der Waals surface area contributed by atoms with E-state index in [0.717, 1.165) is 0 Å². The van der Waals surface area contributed by atoms with Crippen LogP contribution in [0.2, 0.25) is 0 Å². The number of fused-ring (bicyclic) bond motifs is 14. The van der Waals surface area contributed by atoms with Gasteiger partial charge in [0.25, 0.3) is 0 Å². The predicted octanol–water partition coefficient (Wildman–Crippen LogP) is 14.8. The summed E-state index contributed by atoms with van der Waals surface area (Å²) in [6, 6.07) is 67.4. The second kappa shape index (κ2) is 11.1. The largest absolute Gasteiger partial charge is 0.135 e. The molecule has 0 amide bonds. The minimum atomic E-state index is 1.22. The van der Waals surface area contributed by atoms with Gasteiger partial charge in [0.1, 0.15) is 0 Å². The summed E-state index contributed by atoms with van der Waals surface area (Å²) in [7, 11) is 0. The van der Waals surface area contributed by atoms with Gasteiger partial charge in [0, 0.05) is 20.2 Å². The summed E-state index contributed by atoms with van der Waals surface area (Å²) >= 11 is 1.89. The van der Waals surface area contributed by atoms with Crippen LogP contribution in [0.4, 0.5) is 0 Å². The standard InChI is InChI=1S/C50H30S/c1-4-17-42-37(13-1)38-14-2-6-19-44(38)49-46-30-34(27-28-40(46)39-15-3-5-18-43(39)48(42)49)32-25-23-31(24-26-32)33-11-9-12-35(29-33)36-20-10-21-45-41-16-7-8-22-47(41)51-50(36)45/h1-30H. The van der Waals surface area contributed by atoms with Crippen molar-refractivity contribution in [2.75, 3.05) is 0 Å². The molecule has 1 heterocycles. The van der Waals surface area contributed by atoms with Crippen molar-refractivity contribution in [2.45, 2.75) is 0 Å². The zero-order valence-electron chi connectivity index (χ0n) is 27.7. The van der Waals surface area contributed by atoms with E-state index in [0.29, 0.717) is 0 Å². The van der Waals surface area contributed by atoms with E-state index >= 15 is 0 Å². The molecule has 0 aliphatic carbocycles. The van der Waals surface area contributed by atoms with E-state index in [1.165, 1.54) is 107 Å². The van der Waals surface area contributed by atoms with Crippen LogP contribution < -0.4 is 0 Å². The third-order valence-corrected chi connectivity index (χ3v) is 12.1. The van der Waals surface area contributed by atoms with E-state index in [-0.39, 0.29) is 0 Å². The Kier molecular flexibility index (Phi) is 6.22. The summed E-state index contributed by atoms with van der Waals surface area (Å²) in [5.74, 6) is 0. The first-order valence-corrected chi connectivity index (χ1v) is 18.4. The first kappa shape index (κ1) is 28.5. The maximum Gasteiger partial charge on any atom is 0.0433 e. The van der Waals surface area contributed by atoms with E-state index in [9.17, 15) is 0 Å². The summed E-state index contributed by atoms with van der Waals surface area (Å²) in [6.07, 6.45) is 0. The third-order valence-electron chi connectivity index (χ3n) is 10.8. The van der Waals surface area contributed by atoms with E-state index in [4.69, 9.17) is 0 Å². The molecule has 0 saturated heterocycles. The van der Waals surface area contributed by atoms with Crippen molar-refractivity contribution < 1.29 is 0 Å². The lowest BCUT2D eigenvalue weighted by atomic mass is 9.86. The van der Waals surface area contributed by atoms with Crippen LogP contribution in [0, 0.1) is 0 Å². The molecule has 0 nitrogen and oxygen atoms in total. The van der Waals surface area contributed by atoms with Crippen LogP contribution in [-0.2, 0) is 0 Å². The molecule has 10 aromatic carbocycles. The van der Waals surface area contributed by atoms with Crippen molar-refractivity contribution >= 4 is 85.4 Å². The normalized spacial score (nSPS) is 11.9. The smallest absolute Gasteiger partial charge is 0.0433 e. The molecule has 0 atom stereocenters. The van der Waals surface area contributed by atoms with Crippen LogP contribution in [0.1, 0.15) is 0 Å². The van der Waals surface area contributed by atoms with Crippen LogP contribution in [0.3, 0.4) is 0 Å². The first-order chi connectivity index (χ1) is 25.3. The van der Waals surface area contributed by atoms with Crippen molar-refractivity contribution in [3.63, 3.8) is 0 Å². The van der Waals surface area contributed by atoms with Crippen molar-refractivity contribution in [3.05, 3.63) is 182 Å². The van der Waals surface area contributed by atoms with Crippen molar-refractivity contribution in [1.29, 1.82) is 0 Å². The minimum absolute atomic E-state index is 1.22. The molecule has 11 rings (SSSR count). The average Bonchev–Trinajstić information content (AvgIpc) is 3.60. The minimum Gasteiger partial charge on any atom is -0.135 e. The highest BCUT2D eigenvalue weighted by Crippen LogP contribution is 2.45. The van der Waals surface area contributed by atoms with Crippen molar-refractivity contribution in [3.8, 4) is 33.4 Å². The Morgan fingerprint density at radius 2 is 0.706 bits per heavy atom. The Labute approximate surface area is 299 Å². The zero-order chi connectivity index (χ0) is 33.5. The zero-order valence-corrected chi connectivity index (χ0v) is 28.5. The van der Waals surface area contributed by atoms with Gasteiger partial charge >= 0.3 is 0 Å². The average molecular weight is 663 g/mol. The number of hydrogen-bond donors (Lipinski definition) is 0. The van der Waals surface area contributed by atoms with Crippen LogP contribution in [0.25, 0.3) is 107 Å². The second-order valence-corrected chi connectivity index (χ2v) is 14.6. The van der Waals surface area contributed by atoms with Gasteiger partial charge in [0.15, 0.2) is 0 Å². The first-order valence-electron chi connectivity index (χ1n) is 17.6. The monoisotopic (exact) mass is 662 g/mol. The lowest BCUT2D eigenvalue weighted by Crippen LogP contribution is -1.89. The molecular formula is C50H30S. The summed E-state index contributed by atoms with van der Waals surface area (Å²) in [5.41, 5.74) is 7.45. The lowest BCUT2D eigenvalue weighted by molar-refractivity contribution is 1.60. The summed E-state index contributed by atoms with van der Waals surface area (Å²) in [6.45, 7) is 0. The van der Waals surface area contributed by atoms with E-state index in [2.05, 4.69) is 182 Å². The second-order valence-electron chi connectivity index (χ2n) is 13.6. The number of thiophene rings is 1. The molecule has 0 unspecified atom stereocenters. The topological polar surface area (TPSA) is 0 Å². The SMILES string of the molecule is c1cc(-c2ccc(-c3ccc4c5ccccc5c5c6ccccc6c6ccccc6c5c4c3)cc2)cc(-c2cccc3c2sc2ccccc23)c1. The van der Waals surface area contributed by atoms with Gasteiger partial charge in [-0.2, -0.15) is 0 Å². The van der Waals surface area contributed by atoms with Crippen molar-refractivity contribution in [1.82, 2.24) is 0 Å². The highest BCUT2D eigenvalue weighted by atomic mass is 32.1. The third kappa shape index (κ3) is 4.32. The number of benzene rings is 10. The molecular weight excluding hydrogens is 633 g/mol. The summed E-state index contributed by atoms with van der Waals surface area (Å²) in [4.78, 5) is 0. The maximum atomic E-state index is 2.42. The molecule has 0 radical (unpaired) electrons. The highest BCUT2D eigenvalue weighted by molar-refractivity contribution is 7.26. The van der Waals surface area contributed by atoms with Gasteiger partial charge in [0.2, 0.25) is 0 Å². The molecule has 1 heteroatoms. The number of hydrogen-bond acceptors (Lipinski definition) is 1. The predicted molar refractivity (Wildman–Crippen MR) is 223 cm³/mol. The highest BCUT2D eigenvalue weighted by Gasteiger charge is 2.16. The van der Waals surface area contributed by atoms with E-state index in [1.807, 2.05) is 11.3 Å². The Morgan fingerprint density at radius 3 is 1.35 bits per heavy atom. The van der Waals surface area contributed by atoms with Crippen LogP contribution >= 0.6 is 11.3 Å². The molecule has 0 N–H and O–H groups in total. The fourth-order valence-corrected chi connectivity index (χ4v) is 9.74. The summed E-state index contributed by atoms with van der Waals surface area (Å²) in [5, 5.41) is 15.8. The Morgan fingerprint density at radius 1 is 0.255 bits per heavy atom. The fourth-order valence-electron chi connectivity index (χ4n) is 8.50. The molecule has 0 aliphatic rings. The molecule has 1 aromatic heterocycles. The van der Waals surface area contributed by atoms with Gasteiger partial charge in [-0.05, 0) is 105 Å².